The van der Waals surface area contributed by atoms with E-state index in [0.717, 1.165) is 13.0 Å². The molecule has 0 saturated carbocycles. The van der Waals surface area contributed by atoms with Crippen LogP contribution >= 0.6 is 11.6 Å². The predicted molar refractivity (Wildman–Crippen MR) is 103 cm³/mol. The van der Waals surface area contributed by atoms with Gasteiger partial charge in [-0.15, -0.1) is 0 Å². The summed E-state index contributed by atoms with van der Waals surface area (Å²) in [5, 5.41) is 29.8. The SMILES string of the molecule is CCCN1CC=C2C(C#N)=C(N)C(C#N)(C#N)[C@H](c3c(F)cccc3Cl)[C@H]2C1. The highest BCUT2D eigenvalue weighted by molar-refractivity contribution is 6.31. The Bertz CT molecular complexity index is 957. The van der Waals surface area contributed by atoms with Crippen molar-refractivity contribution < 1.29 is 4.39 Å². The molecule has 0 unspecified atom stereocenters. The Hall–Kier alpha value is -2.85. The molecule has 2 N–H and O–H groups in total. The number of halogens is 2. The molecule has 5 nitrogen and oxygen atoms in total. The third-order valence-corrected chi connectivity index (χ3v) is 5.92. The van der Waals surface area contributed by atoms with Crippen LogP contribution in [0.15, 0.2) is 41.1 Å². The van der Waals surface area contributed by atoms with Gasteiger partial charge in [-0.2, -0.15) is 15.8 Å². The van der Waals surface area contributed by atoms with Crippen molar-refractivity contribution in [3.05, 3.63) is 57.5 Å². The molecule has 3 rings (SSSR count). The fourth-order valence-electron chi connectivity index (χ4n) is 4.36. The lowest BCUT2D eigenvalue weighted by atomic mass is 9.58. The quantitative estimate of drug-likeness (QED) is 0.842. The fourth-order valence-corrected chi connectivity index (χ4v) is 4.64. The number of nitrogens with zero attached hydrogens (tertiary/aromatic N) is 4. The summed E-state index contributed by atoms with van der Waals surface area (Å²) in [5.41, 5.74) is 5.11. The molecule has 1 aliphatic carbocycles. The Morgan fingerprint density at radius 2 is 2.04 bits per heavy atom. The molecule has 0 aromatic heterocycles. The Morgan fingerprint density at radius 1 is 1.32 bits per heavy atom. The molecule has 0 spiro atoms. The molecule has 0 fully saturated rings. The highest BCUT2D eigenvalue weighted by Gasteiger charge is 2.55. The summed E-state index contributed by atoms with van der Waals surface area (Å²) in [5.74, 6) is -1.96. The second kappa shape index (κ2) is 7.64. The average Bonchev–Trinajstić information content (AvgIpc) is 2.69. The van der Waals surface area contributed by atoms with E-state index in [9.17, 15) is 20.2 Å². The van der Waals surface area contributed by atoms with E-state index >= 15 is 0 Å². The van der Waals surface area contributed by atoms with Gasteiger partial charge in [-0.1, -0.05) is 30.7 Å². The maximum atomic E-state index is 14.9. The minimum absolute atomic E-state index is 0.0986. The van der Waals surface area contributed by atoms with Gasteiger partial charge in [-0.05, 0) is 30.7 Å². The Labute approximate surface area is 168 Å². The van der Waals surface area contributed by atoms with Crippen LogP contribution in [0.1, 0.15) is 24.8 Å². The Balaban J connectivity index is 2.34. The molecule has 7 heteroatoms. The summed E-state index contributed by atoms with van der Waals surface area (Å²) in [6.07, 6.45) is 2.82. The molecule has 142 valence electrons. The molecule has 0 saturated heterocycles. The van der Waals surface area contributed by atoms with Crippen LogP contribution in [0.4, 0.5) is 4.39 Å². The van der Waals surface area contributed by atoms with Gasteiger partial charge in [0.2, 0.25) is 0 Å². The molecule has 28 heavy (non-hydrogen) atoms. The Kier molecular flexibility index (Phi) is 5.43. The highest BCUT2D eigenvalue weighted by atomic mass is 35.5. The van der Waals surface area contributed by atoms with Crippen LogP contribution in [-0.2, 0) is 0 Å². The number of rotatable bonds is 3. The van der Waals surface area contributed by atoms with Gasteiger partial charge in [0, 0.05) is 35.5 Å². The molecule has 0 radical (unpaired) electrons. The first-order valence-electron chi connectivity index (χ1n) is 9.04. The van der Waals surface area contributed by atoms with Crippen LogP contribution < -0.4 is 5.73 Å². The van der Waals surface area contributed by atoms with Crippen LogP contribution in [0.2, 0.25) is 5.02 Å². The van der Waals surface area contributed by atoms with E-state index in [0.29, 0.717) is 18.7 Å². The molecule has 1 heterocycles. The van der Waals surface area contributed by atoms with E-state index in [1.165, 1.54) is 18.2 Å². The van der Waals surface area contributed by atoms with Crippen molar-refractivity contribution in [1.29, 1.82) is 15.8 Å². The third kappa shape index (κ3) is 2.85. The lowest BCUT2D eigenvalue weighted by Gasteiger charge is -2.45. The number of allylic oxidation sites excluding steroid dienone is 2. The first-order chi connectivity index (χ1) is 13.4. The second-order valence-electron chi connectivity index (χ2n) is 7.07. The van der Waals surface area contributed by atoms with E-state index in [-0.39, 0.29) is 21.9 Å². The zero-order valence-corrected chi connectivity index (χ0v) is 16.2. The Morgan fingerprint density at radius 3 is 2.61 bits per heavy atom. The normalized spacial score (nSPS) is 23.8. The van der Waals surface area contributed by atoms with Gasteiger partial charge in [-0.3, -0.25) is 4.90 Å². The van der Waals surface area contributed by atoms with Gasteiger partial charge in [0.25, 0.3) is 0 Å². The lowest BCUT2D eigenvalue weighted by molar-refractivity contribution is 0.205. The molecule has 0 bridgehead atoms. The van der Waals surface area contributed by atoms with Crippen molar-refractivity contribution in [2.75, 3.05) is 19.6 Å². The van der Waals surface area contributed by atoms with Gasteiger partial charge in [0.15, 0.2) is 5.41 Å². The van der Waals surface area contributed by atoms with Gasteiger partial charge in [-0.25, -0.2) is 4.39 Å². The summed E-state index contributed by atoms with van der Waals surface area (Å²) in [7, 11) is 0. The number of fused-ring (bicyclic) bond motifs is 1. The fraction of sp³-hybridized carbons (Fsp3) is 0.381. The van der Waals surface area contributed by atoms with E-state index < -0.39 is 23.1 Å². The zero-order valence-electron chi connectivity index (χ0n) is 15.4. The lowest BCUT2D eigenvalue weighted by Crippen LogP contribution is -2.48. The average molecular weight is 396 g/mol. The molecule has 0 amide bonds. The number of nitrogens with two attached hydrogens (primary N) is 1. The number of hydrogen-bond acceptors (Lipinski definition) is 5. The van der Waals surface area contributed by atoms with E-state index in [1.54, 1.807) is 0 Å². The zero-order chi connectivity index (χ0) is 20.5. The molecule has 2 atom stereocenters. The molecular weight excluding hydrogens is 377 g/mol. The smallest absolute Gasteiger partial charge is 0.191 e. The molecule has 1 aliphatic heterocycles. The number of benzene rings is 1. The van der Waals surface area contributed by atoms with Crippen molar-refractivity contribution in [2.45, 2.75) is 19.3 Å². The van der Waals surface area contributed by atoms with Crippen molar-refractivity contribution in [2.24, 2.45) is 17.1 Å². The molecule has 1 aromatic carbocycles. The second-order valence-corrected chi connectivity index (χ2v) is 7.48. The van der Waals surface area contributed by atoms with Crippen LogP contribution in [0, 0.1) is 51.1 Å². The van der Waals surface area contributed by atoms with Crippen LogP contribution in [-0.4, -0.2) is 24.5 Å². The van der Waals surface area contributed by atoms with E-state index in [4.69, 9.17) is 17.3 Å². The van der Waals surface area contributed by atoms with Crippen LogP contribution in [0.5, 0.6) is 0 Å². The number of nitriles is 3. The predicted octanol–water partition coefficient (Wildman–Crippen LogP) is 3.61. The van der Waals surface area contributed by atoms with Gasteiger partial charge in [0.05, 0.1) is 23.4 Å². The van der Waals surface area contributed by atoms with E-state index in [2.05, 4.69) is 17.9 Å². The van der Waals surface area contributed by atoms with Crippen molar-refractivity contribution in [1.82, 2.24) is 4.90 Å². The maximum Gasteiger partial charge on any atom is 0.191 e. The first-order valence-corrected chi connectivity index (χ1v) is 9.42. The minimum atomic E-state index is -1.88. The highest BCUT2D eigenvalue weighted by Crippen LogP contribution is 2.55. The summed E-state index contributed by atoms with van der Waals surface area (Å²) < 4.78 is 14.9. The monoisotopic (exact) mass is 395 g/mol. The summed E-state index contributed by atoms with van der Waals surface area (Å²) >= 11 is 6.34. The summed E-state index contributed by atoms with van der Waals surface area (Å²) in [6.45, 7) is 3.98. The molecule has 1 aromatic rings. The van der Waals surface area contributed by atoms with E-state index in [1.807, 2.05) is 18.2 Å². The largest absolute Gasteiger partial charge is 0.399 e. The minimum Gasteiger partial charge on any atom is -0.399 e. The number of hydrogen-bond donors (Lipinski definition) is 1. The standard InChI is InChI=1S/C21H19ClFN5/c1-2-7-28-8-6-13-14(9-24)20(27)21(11-25,12-26)19(15(13)10-28)18-16(22)4-3-5-17(18)23/h3-6,15,19H,2,7-8,10,27H2,1H3/t15-,19-/m0/s1. The van der Waals surface area contributed by atoms with Crippen molar-refractivity contribution in [3.8, 4) is 18.2 Å². The maximum absolute atomic E-state index is 14.9. The van der Waals surface area contributed by atoms with Crippen LogP contribution in [0.25, 0.3) is 0 Å². The van der Waals surface area contributed by atoms with Gasteiger partial charge < -0.3 is 5.73 Å². The summed E-state index contributed by atoms with van der Waals surface area (Å²) in [4.78, 5) is 2.16. The van der Waals surface area contributed by atoms with Crippen LogP contribution in [0.3, 0.4) is 0 Å². The van der Waals surface area contributed by atoms with Gasteiger partial charge in [0.1, 0.15) is 11.9 Å². The third-order valence-electron chi connectivity index (χ3n) is 5.59. The topological polar surface area (TPSA) is 101 Å². The molecular formula is C21H19ClFN5. The van der Waals surface area contributed by atoms with Crippen molar-refractivity contribution in [3.63, 3.8) is 0 Å². The van der Waals surface area contributed by atoms with Crippen molar-refractivity contribution >= 4 is 11.6 Å². The van der Waals surface area contributed by atoms with Gasteiger partial charge >= 0.3 is 0 Å². The molecule has 2 aliphatic rings. The summed E-state index contributed by atoms with van der Waals surface area (Å²) in [6, 6.07) is 10.3. The first kappa shape index (κ1) is 19.9.